The number of hydrogen-bond donors (Lipinski definition) is 1. The molecular weight excluding hydrogens is 268 g/mol. The highest BCUT2D eigenvalue weighted by molar-refractivity contribution is 6.04. The van der Waals surface area contributed by atoms with Crippen molar-refractivity contribution in [3.8, 4) is 5.75 Å². The summed E-state index contributed by atoms with van der Waals surface area (Å²) in [5.41, 5.74) is 0.197. The minimum atomic E-state index is -0.381. The van der Waals surface area contributed by atoms with Crippen LogP contribution in [0.25, 0.3) is 10.8 Å². The van der Waals surface area contributed by atoms with Crippen LogP contribution in [0.2, 0.25) is 0 Å². The van der Waals surface area contributed by atoms with Gasteiger partial charge in [0, 0.05) is 26.5 Å². The first-order valence-corrected chi connectivity index (χ1v) is 6.58. The Morgan fingerprint density at radius 2 is 1.71 bits per heavy atom. The molecule has 0 saturated heterocycles. The van der Waals surface area contributed by atoms with Gasteiger partial charge in [0.25, 0.3) is 5.91 Å². The first kappa shape index (κ1) is 14.8. The second-order valence-electron chi connectivity index (χ2n) is 5.13. The molecule has 0 atom stereocenters. The summed E-state index contributed by atoms with van der Waals surface area (Å²) in [4.78, 5) is 26.7. The smallest absolute Gasteiger partial charge is 0.257 e. The van der Waals surface area contributed by atoms with Gasteiger partial charge < -0.3 is 14.9 Å². The molecule has 2 rings (SSSR count). The van der Waals surface area contributed by atoms with E-state index in [0.717, 1.165) is 5.39 Å². The number of likely N-dealkylation sites (N-methyl/N-ethyl adjacent to an activating group) is 2. The van der Waals surface area contributed by atoms with E-state index in [9.17, 15) is 14.7 Å². The fourth-order valence-corrected chi connectivity index (χ4v) is 2.05. The first-order valence-electron chi connectivity index (χ1n) is 6.58. The molecule has 2 aromatic rings. The van der Waals surface area contributed by atoms with Crippen molar-refractivity contribution in [1.82, 2.24) is 9.80 Å². The first-order chi connectivity index (χ1) is 9.91. The fraction of sp³-hybridized carbons (Fsp3) is 0.250. The third-order valence-corrected chi connectivity index (χ3v) is 3.35. The van der Waals surface area contributed by atoms with Crippen LogP contribution in [0, 0.1) is 0 Å². The van der Waals surface area contributed by atoms with Gasteiger partial charge in [-0.05, 0) is 11.5 Å². The molecule has 0 heterocycles. The van der Waals surface area contributed by atoms with Crippen LogP contribution in [0.15, 0.2) is 36.4 Å². The van der Waals surface area contributed by atoms with Crippen LogP contribution in [-0.4, -0.2) is 54.4 Å². The molecule has 5 nitrogen and oxygen atoms in total. The monoisotopic (exact) mass is 286 g/mol. The maximum Gasteiger partial charge on any atom is 0.257 e. The fourth-order valence-electron chi connectivity index (χ4n) is 2.05. The molecule has 0 aromatic heterocycles. The van der Waals surface area contributed by atoms with Crippen LogP contribution in [-0.2, 0) is 4.79 Å². The van der Waals surface area contributed by atoms with Crippen LogP contribution in [0.1, 0.15) is 10.4 Å². The van der Waals surface area contributed by atoms with Gasteiger partial charge in [0.2, 0.25) is 5.91 Å². The lowest BCUT2D eigenvalue weighted by molar-refractivity contribution is -0.129. The van der Waals surface area contributed by atoms with E-state index in [1.165, 1.54) is 9.80 Å². The van der Waals surface area contributed by atoms with E-state index in [-0.39, 0.29) is 29.7 Å². The summed E-state index contributed by atoms with van der Waals surface area (Å²) >= 11 is 0. The summed E-state index contributed by atoms with van der Waals surface area (Å²) in [7, 11) is 4.81. The lowest BCUT2D eigenvalue weighted by Gasteiger charge is -2.20. The Hall–Kier alpha value is -2.56. The molecule has 1 N–H and O–H groups in total. The van der Waals surface area contributed by atoms with Gasteiger partial charge >= 0.3 is 0 Å². The number of nitrogens with zero attached hydrogens (tertiary/aromatic N) is 2. The molecule has 0 aliphatic carbocycles. The molecule has 2 aromatic carbocycles. The van der Waals surface area contributed by atoms with Crippen molar-refractivity contribution in [2.45, 2.75) is 0 Å². The van der Waals surface area contributed by atoms with Crippen LogP contribution in [0.4, 0.5) is 0 Å². The van der Waals surface area contributed by atoms with Gasteiger partial charge in [-0.2, -0.15) is 0 Å². The number of aromatic hydroxyl groups is 1. The van der Waals surface area contributed by atoms with Crippen molar-refractivity contribution < 1.29 is 14.7 Å². The van der Waals surface area contributed by atoms with E-state index >= 15 is 0 Å². The Balaban J connectivity index is 2.31. The summed E-state index contributed by atoms with van der Waals surface area (Å²) in [6, 6.07) is 10.6. The van der Waals surface area contributed by atoms with Crippen molar-refractivity contribution >= 4 is 22.6 Å². The van der Waals surface area contributed by atoms with Gasteiger partial charge in [-0.25, -0.2) is 0 Å². The summed E-state index contributed by atoms with van der Waals surface area (Å²) in [6.07, 6.45) is 0. The topological polar surface area (TPSA) is 60.9 Å². The predicted octanol–water partition coefficient (Wildman–Crippen LogP) is 1.71. The van der Waals surface area contributed by atoms with Gasteiger partial charge in [0.1, 0.15) is 5.75 Å². The zero-order chi connectivity index (χ0) is 15.6. The third kappa shape index (κ3) is 2.97. The lowest BCUT2D eigenvalue weighted by Crippen LogP contribution is -2.37. The number of fused-ring (bicyclic) bond motifs is 1. The molecule has 0 aliphatic rings. The standard InChI is InChI=1S/C16H18N2O3/c1-17(2)14(19)10-18(3)16(21)13-9-8-11-6-4-5-7-12(11)15(13)20/h4-9,20H,10H2,1-3H3. The Bertz CT molecular complexity index is 695. The molecule has 0 radical (unpaired) electrons. The minimum Gasteiger partial charge on any atom is -0.506 e. The van der Waals surface area contributed by atoms with Crippen molar-refractivity contribution in [3.05, 3.63) is 42.0 Å². The van der Waals surface area contributed by atoms with Crippen molar-refractivity contribution in [1.29, 1.82) is 0 Å². The zero-order valence-corrected chi connectivity index (χ0v) is 12.3. The largest absolute Gasteiger partial charge is 0.506 e. The number of carbonyl (C=O) groups excluding carboxylic acids is 2. The number of benzene rings is 2. The molecule has 2 amide bonds. The van der Waals surface area contributed by atoms with Crippen LogP contribution < -0.4 is 0 Å². The van der Waals surface area contributed by atoms with Crippen LogP contribution >= 0.6 is 0 Å². The molecular formula is C16H18N2O3. The van der Waals surface area contributed by atoms with Crippen molar-refractivity contribution in [2.24, 2.45) is 0 Å². The van der Waals surface area contributed by atoms with Gasteiger partial charge in [0.15, 0.2) is 0 Å². The molecule has 21 heavy (non-hydrogen) atoms. The Labute approximate surface area is 123 Å². The molecule has 0 aliphatic heterocycles. The molecule has 5 heteroatoms. The normalized spacial score (nSPS) is 10.4. The van der Waals surface area contributed by atoms with Gasteiger partial charge in [-0.15, -0.1) is 0 Å². The summed E-state index contributed by atoms with van der Waals surface area (Å²) in [5.74, 6) is -0.609. The van der Waals surface area contributed by atoms with Crippen molar-refractivity contribution in [3.63, 3.8) is 0 Å². The molecule has 110 valence electrons. The number of carbonyl (C=O) groups is 2. The predicted molar refractivity (Wildman–Crippen MR) is 81.3 cm³/mol. The highest BCUT2D eigenvalue weighted by Crippen LogP contribution is 2.29. The average molecular weight is 286 g/mol. The average Bonchev–Trinajstić information content (AvgIpc) is 2.47. The van der Waals surface area contributed by atoms with E-state index in [1.807, 2.05) is 12.1 Å². The molecule has 0 fully saturated rings. The molecule has 0 saturated carbocycles. The van der Waals surface area contributed by atoms with E-state index in [4.69, 9.17) is 0 Å². The number of phenols is 1. The van der Waals surface area contributed by atoms with Gasteiger partial charge in [0.05, 0.1) is 12.1 Å². The van der Waals surface area contributed by atoms with E-state index < -0.39 is 0 Å². The van der Waals surface area contributed by atoms with Gasteiger partial charge in [-0.3, -0.25) is 9.59 Å². The Morgan fingerprint density at radius 1 is 1.05 bits per heavy atom. The maximum absolute atomic E-state index is 12.4. The molecule has 0 bridgehead atoms. The van der Waals surface area contributed by atoms with E-state index in [2.05, 4.69) is 0 Å². The number of hydrogen-bond acceptors (Lipinski definition) is 3. The number of amides is 2. The molecule has 0 unspecified atom stereocenters. The second-order valence-corrected chi connectivity index (χ2v) is 5.13. The zero-order valence-electron chi connectivity index (χ0n) is 12.3. The minimum absolute atomic E-state index is 0.0297. The summed E-state index contributed by atoms with van der Waals surface area (Å²) in [5, 5.41) is 11.8. The molecule has 0 spiro atoms. The second kappa shape index (κ2) is 5.83. The summed E-state index contributed by atoms with van der Waals surface area (Å²) < 4.78 is 0. The third-order valence-electron chi connectivity index (χ3n) is 3.35. The number of phenolic OH excluding ortho intramolecular Hbond substituents is 1. The maximum atomic E-state index is 12.4. The Kier molecular flexibility index (Phi) is 4.12. The van der Waals surface area contributed by atoms with Crippen LogP contribution in [0.3, 0.4) is 0 Å². The number of rotatable bonds is 3. The van der Waals surface area contributed by atoms with E-state index in [1.54, 1.807) is 45.4 Å². The Morgan fingerprint density at radius 3 is 2.38 bits per heavy atom. The van der Waals surface area contributed by atoms with Crippen molar-refractivity contribution in [2.75, 3.05) is 27.7 Å². The highest BCUT2D eigenvalue weighted by atomic mass is 16.3. The van der Waals surface area contributed by atoms with E-state index in [0.29, 0.717) is 5.39 Å². The SMILES string of the molecule is CN(C)C(=O)CN(C)C(=O)c1ccc2ccccc2c1O. The van der Waals surface area contributed by atoms with Gasteiger partial charge in [-0.1, -0.05) is 30.3 Å². The highest BCUT2D eigenvalue weighted by Gasteiger charge is 2.19. The van der Waals surface area contributed by atoms with Crippen LogP contribution in [0.5, 0.6) is 5.75 Å². The lowest BCUT2D eigenvalue weighted by atomic mass is 10.0. The quantitative estimate of drug-likeness (QED) is 0.934. The summed E-state index contributed by atoms with van der Waals surface area (Å²) in [6.45, 7) is -0.0297.